The van der Waals surface area contributed by atoms with Crippen molar-refractivity contribution in [3.05, 3.63) is 53.6 Å². The molecule has 2 aromatic rings. The number of rotatable bonds is 5. The highest BCUT2D eigenvalue weighted by atomic mass is 16.1. The van der Waals surface area contributed by atoms with Gasteiger partial charge in [-0.15, -0.1) is 0 Å². The zero-order valence-corrected chi connectivity index (χ0v) is 14.0. The van der Waals surface area contributed by atoms with Gasteiger partial charge in [0.25, 0.3) is 5.91 Å². The first-order valence-electron chi connectivity index (χ1n) is 8.50. The number of pyridine rings is 2. The molecule has 0 bridgehead atoms. The molecule has 0 aliphatic heterocycles. The van der Waals surface area contributed by atoms with Gasteiger partial charge in [0, 0.05) is 42.2 Å². The molecule has 1 aliphatic rings. The van der Waals surface area contributed by atoms with Gasteiger partial charge in [-0.3, -0.25) is 14.8 Å². The maximum atomic E-state index is 11.7. The average molecular weight is 335 g/mol. The lowest BCUT2D eigenvalue weighted by Crippen LogP contribution is -2.28. The Morgan fingerprint density at radius 2 is 2.20 bits per heavy atom. The SMILES string of the molecule is N#CC1CCCC(Nc2cc(Cc3ccccn3)ncc2C(N)=O)C1. The minimum Gasteiger partial charge on any atom is -0.382 e. The Morgan fingerprint density at radius 1 is 1.32 bits per heavy atom. The molecule has 128 valence electrons. The molecular formula is C19H21N5O. The summed E-state index contributed by atoms with van der Waals surface area (Å²) in [6, 6.07) is 10.1. The Hall–Kier alpha value is -2.94. The van der Waals surface area contributed by atoms with Gasteiger partial charge in [-0.2, -0.15) is 5.26 Å². The molecule has 1 aliphatic carbocycles. The third-order valence-electron chi connectivity index (χ3n) is 4.53. The molecule has 25 heavy (non-hydrogen) atoms. The number of nitrogens with zero attached hydrogens (tertiary/aromatic N) is 3. The Kier molecular flexibility index (Phi) is 5.24. The van der Waals surface area contributed by atoms with E-state index in [0.29, 0.717) is 17.7 Å². The van der Waals surface area contributed by atoms with Gasteiger partial charge in [0.1, 0.15) is 0 Å². The van der Waals surface area contributed by atoms with E-state index in [-0.39, 0.29) is 12.0 Å². The Labute approximate surface area is 147 Å². The topological polar surface area (TPSA) is 105 Å². The highest BCUT2D eigenvalue weighted by Crippen LogP contribution is 2.27. The van der Waals surface area contributed by atoms with Gasteiger partial charge in [0.15, 0.2) is 0 Å². The average Bonchev–Trinajstić information content (AvgIpc) is 2.63. The van der Waals surface area contributed by atoms with Crippen LogP contribution < -0.4 is 11.1 Å². The zero-order chi connectivity index (χ0) is 17.6. The first-order valence-corrected chi connectivity index (χ1v) is 8.50. The number of primary amides is 1. The molecule has 1 saturated carbocycles. The van der Waals surface area contributed by atoms with E-state index in [1.165, 1.54) is 6.20 Å². The molecule has 0 radical (unpaired) electrons. The van der Waals surface area contributed by atoms with E-state index < -0.39 is 5.91 Å². The van der Waals surface area contributed by atoms with E-state index in [1.807, 2.05) is 24.3 Å². The van der Waals surface area contributed by atoms with Crippen LogP contribution in [-0.2, 0) is 6.42 Å². The van der Waals surface area contributed by atoms with Gasteiger partial charge in [-0.25, -0.2) is 0 Å². The van der Waals surface area contributed by atoms with Gasteiger partial charge < -0.3 is 11.1 Å². The van der Waals surface area contributed by atoms with E-state index >= 15 is 0 Å². The number of aromatic nitrogens is 2. The van der Waals surface area contributed by atoms with Gasteiger partial charge in [0.05, 0.1) is 17.3 Å². The zero-order valence-electron chi connectivity index (χ0n) is 14.0. The van der Waals surface area contributed by atoms with E-state index in [0.717, 1.165) is 37.1 Å². The van der Waals surface area contributed by atoms with Crippen LogP contribution >= 0.6 is 0 Å². The highest BCUT2D eigenvalue weighted by molar-refractivity contribution is 5.98. The van der Waals surface area contributed by atoms with Crippen molar-refractivity contribution in [1.82, 2.24) is 9.97 Å². The molecule has 3 N–H and O–H groups in total. The lowest BCUT2D eigenvalue weighted by molar-refractivity contribution is 0.100. The summed E-state index contributed by atoms with van der Waals surface area (Å²) >= 11 is 0. The highest BCUT2D eigenvalue weighted by Gasteiger charge is 2.23. The number of hydrogen-bond acceptors (Lipinski definition) is 5. The minimum absolute atomic E-state index is 0.0677. The lowest BCUT2D eigenvalue weighted by atomic mass is 9.86. The van der Waals surface area contributed by atoms with Crippen molar-refractivity contribution in [2.75, 3.05) is 5.32 Å². The van der Waals surface area contributed by atoms with Crippen LogP contribution in [0.1, 0.15) is 47.4 Å². The third kappa shape index (κ3) is 4.32. The van der Waals surface area contributed by atoms with Crippen LogP contribution in [0.25, 0.3) is 0 Å². The summed E-state index contributed by atoms with van der Waals surface area (Å²) in [5.41, 5.74) is 8.29. The second-order valence-electron chi connectivity index (χ2n) is 6.42. The van der Waals surface area contributed by atoms with Crippen molar-refractivity contribution in [3.63, 3.8) is 0 Å². The fraction of sp³-hybridized carbons (Fsp3) is 0.368. The summed E-state index contributed by atoms with van der Waals surface area (Å²) in [6.45, 7) is 0. The minimum atomic E-state index is -0.507. The van der Waals surface area contributed by atoms with Crippen molar-refractivity contribution in [3.8, 4) is 6.07 Å². The Morgan fingerprint density at radius 3 is 2.92 bits per heavy atom. The maximum absolute atomic E-state index is 11.7. The summed E-state index contributed by atoms with van der Waals surface area (Å²) in [5.74, 6) is -0.440. The summed E-state index contributed by atoms with van der Waals surface area (Å²) in [5, 5.41) is 12.6. The van der Waals surface area contributed by atoms with Crippen LogP contribution in [-0.4, -0.2) is 21.9 Å². The monoisotopic (exact) mass is 335 g/mol. The van der Waals surface area contributed by atoms with Crippen molar-refractivity contribution in [2.45, 2.75) is 38.1 Å². The molecular weight excluding hydrogens is 314 g/mol. The maximum Gasteiger partial charge on any atom is 0.252 e. The van der Waals surface area contributed by atoms with Crippen LogP contribution in [0.3, 0.4) is 0 Å². The van der Waals surface area contributed by atoms with E-state index in [2.05, 4.69) is 21.4 Å². The molecule has 6 heteroatoms. The molecule has 2 heterocycles. The predicted octanol–water partition coefficient (Wildman–Crippen LogP) is 2.66. The van der Waals surface area contributed by atoms with Crippen molar-refractivity contribution in [2.24, 2.45) is 11.7 Å². The van der Waals surface area contributed by atoms with E-state index in [9.17, 15) is 4.79 Å². The number of nitrogens with one attached hydrogen (secondary N) is 1. The summed E-state index contributed by atoms with van der Waals surface area (Å²) in [6.07, 6.45) is 7.57. The first kappa shape index (κ1) is 16.9. The molecule has 2 atom stereocenters. The number of carbonyl (C=O) groups is 1. The van der Waals surface area contributed by atoms with Crippen LogP contribution in [0.2, 0.25) is 0 Å². The van der Waals surface area contributed by atoms with Crippen molar-refractivity contribution in [1.29, 1.82) is 5.26 Å². The lowest BCUT2D eigenvalue weighted by Gasteiger charge is -2.27. The summed E-state index contributed by atoms with van der Waals surface area (Å²) < 4.78 is 0. The molecule has 3 rings (SSSR count). The quantitative estimate of drug-likeness (QED) is 0.874. The second-order valence-corrected chi connectivity index (χ2v) is 6.42. The smallest absolute Gasteiger partial charge is 0.252 e. The predicted molar refractivity (Wildman–Crippen MR) is 94.8 cm³/mol. The number of nitrogens with two attached hydrogens (primary N) is 1. The second kappa shape index (κ2) is 7.75. The Balaban J connectivity index is 1.81. The number of hydrogen-bond donors (Lipinski definition) is 2. The molecule has 1 amide bonds. The summed E-state index contributed by atoms with van der Waals surface area (Å²) in [4.78, 5) is 20.4. The standard InChI is InChI=1S/C19H21N5O/c20-11-13-4-3-6-15(8-13)24-18-10-16(23-12-17(18)19(21)25)9-14-5-1-2-7-22-14/h1-2,5,7,10,12-13,15H,3-4,6,8-9H2,(H2,21,25)(H,23,24). The number of amides is 1. The van der Waals surface area contributed by atoms with Gasteiger partial charge in [-0.1, -0.05) is 12.5 Å². The molecule has 1 fully saturated rings. The number of anilines is 1. The van der Waals surface area contributed by atoms with Gasteiger partial charge >= 0.3 is 0 Å². The molecule has 0 saturated heterocycles. The largest absolute Gasteiger partial charge is 0.382 e. The van der Waals surface area contributed by atoms with Crippen LogP contribution in [0.4, 0.5) is 5.69 Å². The fourth-order valence-electron chi connectivity index (χ4n) is 3.26. The fourth-order valence-corrected chi connectivity index (χ4v) is 3.26. The summed E-state index contributed by atoms with van der Waals surface area (Å²) in [7, 11) is 0. The van der Waals surface area contributed by atoms with Gasteiger partial charge in [0.2, 0.25) is 0 Å². The molecule has 0 aromatic carbocycles. The van der Waals surface area contributed by atoms with Crippen LogP contribution in [0, 0.1) is 17.2 Å². The van der Waals surface area contributed by atoms with E-state index in [1.54, 1.807) is 6.20 Å². The van der Waals surface area contributed by atoms with Crippen molar-refractivity contribution >= 4 is 11.6 Å². The molecule has 2 aromatic heterocycles. The third-order valence-corrected chi connectivity index (χ3v) is 4.53. The Bertz CT molecular complexity index is 784. The van der Waals surface area contributed by atoms with E-state index in [4.69, 9.17) is 11.0 Å². The number of carbonyl (C=O) groups excluding carboxylic acids is 1. The molecule has 0 spiro atoms. The van der Waals surface area contributed by atoms with Crippen LogP contribution in [0.15, 0.2) is 36.7 Å². The molecule has 2 unspecified atom stereocenters. The molecule has 6 nitrogen and oxygen atoms in total. The first-order chi connectivity index (χ1) is 12.2. The number of nitriles is 1. The van der Waals surface area contributed by atoms with Crippen molar-refractivity contribution < 1.29 is 4.79 Å². The normalized spacial score (nSPS) is 19.8. The van der Waals surface area contributed by atoms with Crippen LogP contribution in [0.5, 0.6) is 0 Å². The van der Waals surface area contributed by atoms with Gasteiger partial charge in [-0.05, 0) is 37.5 Å².